The summed E-state index contributed by atoms with van der Waals surface area (Å²) in [5.74, 6) is 0.141. The lowest BCUT2D eigenvalue weighted by Crippen LogP contribution is -2.18. The van der Waals surface area contributed by atoms with Crippen molar-refractivity contribution in [2.24, 2.45) is 0 Å². The van der Waals surface area contributed by atoms with E-state index < -0.39 is 4.92 Å². The number of rotatable bonds is 6. The fourth-order valence-corrected chi connectivity index (χ4v) is 4.11. The van der Waals surface area contributed by atoms with Crippen molar-refractivity contribution in [2.75, 3.05) is 5.32 Å². The lowest BCUT2D eigenvalue weighted by Gasteiger charge is -2.09. The van der Waals surface area contributed by atoms with Gasteiger partial charge in [-0.1, -0.05) is 36.4 Å². The molecule has 0 fully saturated rings. The van der Waals surface area contributed by atoms with Gasteiger partial charge in [-0.25, -0.2) is 4.98 Å². The van der Waals surface area contributed by atoms with E-state index in [0.29, 0.717) is 17.1 Å². The lowest BCUT2D eigenvalue weighted by atomic mass is 10.1. The number of nitrogens with zero attached hydrogens (tertiary/aromatic N) is 4. The number of allylic oxidation sites excluding steroid dienone is 1. The minimum absolute atomic E-state index is 0.0109. The van der Waals surface area contributed by atoms with Gasteiger partial charge in [-0.3, -0.25) is 14.9 Å². The van der Waals surface area contributed by atoms with Crippen LogP contribution >= 0.6 is 0 Å². The first-order valence-electron chi connectivity index (χ1n) is 11.1. The van der Waals surface area contributed by atoms with E-state index in [1.54, 1.807) is 23.6 Å². The number of H-pyrrole nitrogens is 1. The van der Waals surface area contributed by atoms with E-state index in [2.05, 4.69) is 21.4 Å². The molecule has 0 spiro atoms. The van der Waals surface area contributed by atoms with E-state index in [0.717, 1.165) is 33.1 Å². The van der Waals surface area contributed by atoms with Crippen LogP contribution in [0.15, 0.2) is 72.9 Å². The molecule has 9 nitrogen and oxygen atoms in total. The number of aryl methyl sites for hydroxylation is 1. The van der Waals surface area contributed by atoms with Gasteiger partial charge in [-0.15, -0.1) is 0 Å². The Kier molecular flexibility index (Phi) is 5.76. The highest BCUT2D eigenvalue weighted by atomic mass is 16.6. The molecule has 0 unspecified atom stereocenters. The molecule has 9 heteroatoms. The first-order valence-corrected chi connectivity index (χ1v) is 11.1. The zero-order valence-corrected chi connectivity index (χ0v) is 19.2. The van der Waals surface area contributed by atoms with Crippen LogP contribution < -0.4 is 5.32 Å². The molecule has 2 aromatic heterocycles. The van der Waals surface area contributed by atoms with Crippen molar-refractivity contribution in [1.82, 2.24) is 14.5 Å². The van der Waals surface area contributed by atoms with Crippen molar-refractivity contribution in [1.29, 1.82) is 5.26 Å². The predicted molar refractivity (Wildman–Crippen MR) is 138 cm³/mol. The smallest absolute Gasteiger partial charge is 0.271 e. The Morgan fingerprint density at radius 2 is 1.97 bits per heavy atom. The van der Waals surface area contributed by atoms with Crippen LogP contribution in [-0.4, -0.2) is 25.4 Å². The van der Waals surface area contributed by atoms with Gasteiger partial charge in [0.1, 0.15) is 18.4 Å². The molecule has 3 aromatic carbocycles. The highest BCUT2D eigenvalue weighted by Gasteiger charge is 2.15. The summed E-state index contributed by atoms with van der Waals surface area (Å²) in [4.78, 5) is 31.2. The monoisotopic (exact) mass is 476 g/mol. The third-order valence-electron chi connectivity index (χ3n) is 5.90. The summed E-state index contributed by atoms with van der Waals surface area (Å²) in [6, 6.07) is 21.7. The Hall–Kier alpha value is -5.23. The summed E-state index contributed by atoms with van der Waals surface area (Å²) in [5.41, 5.74) is 4.57. The Morgan fingerprint density at radius 1 is 1.19 bits per heavy atom. The SMILES string of the molecule is Cc1ccc([N+](=O)[O-])cc1NC(=O)Cn1cc(/C=C(\C#N)c2nc3ccccc3[nH]2)c2ccccc21. The molecule has 0 saturated heterocycles. The molecular weight excluding hydrogens is 456 g/mol. The van der Waals surface area contributed by atoms with Crippen molar-refractivity contribution < 1.29 is 9.72 Å². The largest absolute Gasteiger partial charge is 0.337 e. The maximum atomic E-state index is 12.9. The van der Waals surface area contributed by atoms with E-state index in [4.69, 9.17) is 0 Å². The highest BCUT2D eigenvalue weighted by Crippen LogP contribution is 2.27. The number of benzene rings is 3. The number of carbonyl (C=O) groups is 1. The van der Waals surface area contributed by atoms with Crippen LogP contribution in [0.25, 0.3) is 33.6 Å². The molecule has 2 heterocycles. The van der Waals surface area contributed by atoms with E-state index >= 15 is 0 Å². The van der Waals surface area contributed by atoms with Crippen LogP contribution in [0.4, 0.5) is 11.4 Å². The number of imidazole rings is 1. The number of hydrogen-bond donors (Lipinski definition) is 2. The van der Waals surface area contributed by atoms with E-state index in [1.807, 2.05) is 54.7 Å². The summed E-state index contributed by atoms with van der Waals surface area (Å²) in [7, 11) is 0. The van der Waals surface area contributed by atoms with Gasteiger partial charge in [0.2, 0.25) is 5.91 Å². The third-order valence-corrected chi connectivity index (χ3v) is 5.90. The van der Waals surface area contributed by atoms with Gasteiger partial charge in [-0.05, 0) is 36.8 Å². The molecular formula is C27H20N6O3. The number of anilines is 1. The molecule has 0 saturated carbocycles. The minimum Gasteiger partial charge on any atom is -0.337 e. The van der Waals surface area contributed by atoms with Gasteiger partial charge in [0, 0.05) is 34.8 Å². The third kappa shape index (κ3) is 4.31. The van der Waals surface area contributed by atoms with Crippen molar-refractivity contribution in [3.8, 4) is 6.07 Å². The lowest BCUT2D eigenvalue weighted by molar-refractivity contribution is -0.384. The van der Waals surface area contributed by atoms with E-state index in [9.17, 15) is 20.2 Å². The number of nitriles is 1. The summed E-state index contributed by atoms with van der Waals surface area (Å²) in [5, 5.41) is 24.6. The maximum Gasteiger partial charge on any atom is 0.271 e. The molecule has 0 aliphatic rings. The number of nitro benzene ring substituents is 1. The van der Waals surface area contributed by atoms with Crippen LogP contribution in [0, 0.1) is 28.4 Å². The summed E-state index contributed by atoms with van der Waals surface area (Å²) in [6.45, 7) is 1.76. The number of amides is 1. The molecule has 0 aliphatic carbocycles. The summed E-state index contributed by atoms with van der Waals surface area (Å²) in [6.07, 6.45) is 3.56. The minimum atomic E-state index is -0.498. The van der Waals surface area contributed by atoms with Gasteiger partial charge in [0.05, 0.1) is 27.2 Å². The van der Waals surface area contributed by atoms with Crippen molar-refractivity contribution >= 4 is 50.9 Å². The number of nitrogens with one attached hydrogen (secondary N) is 2. The Morgan fingerprint density at radius 3 is 2.75 bits per heavy atom. The summed E-state index contributed by atoms with van der Waals surface area (Å²) < 4.78 is 1.79. The van der Waals surface area contributed by atoms with Crippen LogP contribution in [0.5, 0.6) is 0 Å². The number of fused-ring (bicyclic) bond motifs is 2. The van der Waals surface area contributed by atoms with Crippen LogP contribution in [0.2, 0.25) is 0 Å². The standard InChI is InChI=1S/C27H20N6O3/c1-17-10-11-20(33(35)36)13-24(17)29-26(34)16-32-15-19(21-6-2-5-9-25(21)32)12-18(14-28)27-30-22-7-3-4-8-23(22)31-27/h2-13,15H,16H2,1H3,(H,29,34)(H,30,31)/b18-12+. The van der Waals surface area contributed by atoms with Crippen LogP contribution in [-0.2, 0) is 11.3 Å². The molecule has 176 valence electrons. The normalized spacial score (nSPS) is 11.5. The van der Waals surface area contributed by atoms with Crippen molar-refractivity contribution in [2.45, 2.75) is 13.5 Å². The highest BCUT2D eigenvalue weighted by molar-refractivity contribution is 5.99. The first kappa shape index (κ1) is 22.6. The molecule has 2 N–H and O–H groups in total. The molecule has 0 bridgehead atoms. The fourth-order valence-electron chi connectivity index (χ4n) is 4.11. The topological polar surface area (TPSA) is 130 Å². The maximum absolute atomic E-state index is 12.9. The van der Waals surface area contributed by atoms with Gasteiger partial charge in [0.25, 0.3) is 5.69 Å². The zero-order valence-electron chi connectivity index (χ0n) is 19.2. The van der Waals surface area contributed by atoms with Gasteiger partial charge >= 0.3 is 0 Å². The molecule has 5 rings (SSSR count). The number of aromatic nitrogens is 3. The number of para-hydroxylation sites is 3. The van der Waals surface area contributed by atoms with Crippen LogP contribution in [0.3, 0.4) is 0 Å². The quantitative estimate of drug-likeness (QED) is 0.192. The van der Waals surface area contributed by atoms with Gasteiger partial charge in [0.15, 0.2) is 0 Å². The Bertz CT molecular complexity index is 1690. The predicted octanol–water partition coefficient (Wildman–Crippen LogP) is 5.44. The number of carbonyl (C=O) groups excluding carboxylic acids is 1. The van der Waals surface area contributed by atoms with Gasteiger partial charge in [-0.2, -0.15) is 5.26 Å². The fraction of sp³-hybridized carbons (Fsp3) is 0.0741. The Labute approximate surface area is 205 Å². The Balaban J connectivity index is 1.47. The molecule has 5 aromatic rings. The number of nitro groups is 1. The second-order valence-corrected chi connectivity index (χ2v) is 8.31. The molecule has 36 heavy (non-hydrogen) atoms. The number of aromatic amines is 1. The van der Waals surface area contributed by atoms with Crippen molar-refractivity contribution in [3.05, 3.63) is 100.0 Å². The number of hydrogen-bond acceptors (Lipinski definition) is 5. The summed E-state index contributed by atoms with van der Waals surface area (Å²) >= 11 is 0. The second kappa shape index (κ2) is 9.19. The van der Waals surface area contributed by atoms with Crippen molar-refractivity contribution in [3.63, 3.8) is 0 Å². The molecule has 0 atom stereocenters. The second-order valence-electron chi connectivity index (χ2n) is 8.31. The average Bonchev–Trinajstić information content (AvgIpc) is 3.45. The van der Waals surface area contributed by atoms with Gasteiger partial charge < -0.3 is 14.9 Å². The first-order chi connectivity index (χ1) is 17.4. The van der Waals surface area contributed by atoms with E-state index in [1.165, 1.54) is 12.1 Å². The molecule has 0 radical (unpaired) electrons. The zero-order chi connectivity index (χ0) is 25.2. The average molecular weight is 476 g/mol. The number of non-ortho nitro benzene ring substituents is 1. The molecule has 1 amide bonds. The van der Waals surface area contributed by atoms with Crippen LogP contribution in [0.1, 0.15) is 17.0 Å². The molecule has 0 aliphatic heterocycles. The van der Waals surface area contributed by atoms with E-state index in [-0.39, 0.29) is 18.1 Å².